The van der Waals surface area contributed by atoms with E-state index in [0.717, 1.165) is 28.4 Å². The van der Waals surface area contributed by atoms with Crippen molar-refractivity contribution in [3.8, 4) is 11.3 Å². The number of rotatable bonds is 6. The van der Waals surface area contributed by atoms with Crippen molar-refractivity contribution in [3.63, 3.8) is 0 Å². The van der Waals surface area contributed by atoms with E-state index < -0.39 is 0 Å². The predicted octanol–water partition coefficient (Wildman–Crippen LogP) is 3.90. The summed E-state index contributed by atoms with van der Waals surface area (Å²) in [7, 11) is 0. The second-order valence-corrected chi connectivity index (χ2v) is 9.91. The summed E-state index contributed by atoms with van der Waals surface area (Å²) in [6, 6.07) is 10.3. The summed E-state index contributed by atoms with van der Waals surface area (Å²) in [5, 5.41) is 17.7. The van der Waals surface area contributed by atoms with Crippen LogP contribution in [0.15, 0.2) is 46.2 Å². The largest absolute Gasteiger partial charge is 0.311 e. The van der Waals surface area contributed by atoms with Crippen LogP contribution in [0.5, 0.6) is 0 Å². The fraction of sp³-hybridized carbons (Fsp3) is 0.250. The van der Waals surface area contributed by atoms with Crippen molar-refractivity contribution < 1.29 is 4.79 Å². The number of thiophene rings is 1. The molecule has 10 heteroatoms. The van der Waals surface area contributed by atoms with Crippen molar-refractivity contribution in [2.24, 2.45) is 0 Å². The van der Waals surface area contributed by atoms with E-state index in [9.17, 15) is 4.79 Å². The van der Waals surface area contributed by atoms with Crippen LogP contribution in [0.25, 0.3) is 11.3 Å². The van der Waals surface area contributed by atoms with Gasteiger partial charge < -0.3 is 4.90 Å². The minimum Gasteiger partial charge on any atom is -0.311 e. The molecule has 0 N–H and O–H groups in total. The molecule has 4 aromatic rings. The molecular weight excluding hydrogens is 436 g/mol. The number of carbonyl (C=O) groups excluding carboxylic acids is 1. The second kappa shape index (κ2) is 8.29. The van der Waals surface area contributed by atoms with Crippen LogP contribution in [0.2, 0.25) is 0 Å². The van der Waals surface area contributed by atoms with Crippen LogP contribution in [0.4, 0.5) is 5.69 Å². The number of hydrogen-bond acceptors (Lipinski definition) is 8. The summed E-state index contributed by atoms with van der Waals surface area (Å²) in [5.41, 5.74) is 4.29. The Morgan fingerprint density at radius 3 is 3.00 bits per heavy atom. The van der Waals surface area contributed by atoms with Gasteiger partial charge >= 0.3 is 0 Å². The minimum atomic E-state index is 0.0710. The Balaban J connectivity index is 1.26. The molecule has 0 fully saturated rings. The fourth-order valence-corrected chi connectivity index (χ4v) is 5.53. The quantitative estimate of drug-likeness (QED) is 0.411. The molecular formula is C20H18N6OS3. The second-order valence-electron chi connectivity index (χ2n) is 6.88. The van der Waals surface area contributed by atoms with Crippen LogP contribution in [0.1, 0.15) is 15.4 Å². The molecule has 1 amide bonds. The molecule has 0 saturated carbocycles. The topological polar surface area (TPSA) is 76.8 Å². The summed E-state index contributed by atoms with van der Waals surface area (Å²) in [6.45, 7) is 3.33. The zero-order valence-electron chi connectivity index (χ0n) is 16.2. The van der Waals surface area contributed by atoms with Gasteiger partial charge in [-0.2, -0.15) is 0 Å². The summed E-state index contributed by atoms with van der Waals surface area (Å²) in [5.74, 6) is 0.374. The van der Waals surface area contributed by atoms with Crippen molar-refractivity contribution in [2.45, 2.75) is 25.0 Å². The van der Waals surface area contributed by atoms with Gasteiger partial charge in [0.1, 0.15) is 0 Å². The average molecular weight is 455 g/mol. The van der Waals surface area contributed by atoms with Gasteiger partial charge in [-0.15, -0.1) is 27.8 Å². The maximum Gasteiger partial charge on any atom is 0.237 e. The highest BCUT2D eigenvalue weighted by Crippen LogP contribution is 2.33. The number of anilines is 1. The van der Waals surface area contributed by atoms with Gasteiger partial charge in [0.15, 0.2) is 0 Å². The number of thioether (sulfide) groups is 1. The molecule has 0 aliphatic carbocycles. The van der Waals surface area contributed by atoms with Crippen LogP contribution < -0.4 is 4.90 Å². The lowest BCUT2D eigenvalue weighted by Crippen LogP contribution is -2.30. The van der Waals surface area contributed by atoms with E-state index in [1.807, 2.05) is 41.5 Å². The van der Waals surface area contributed by atoms with E-state index in [4.69, 9.17) is 0 Å². The molecule has 152 valence electrons. The maximum atomic E-state index is 12.9. The van der Waals surface area contributed by atoms with Gasteiger partial charge in [-0.05, 0) is 52.9 Å². The summed E-state index contributed by atoms with van der Waals surface area (Å²) in [4.78, 5) is 20.5. The number of nitrogens with zero attached hydrogens (tertiary/aromatic N) is 6. The first-order chi connectivity index (χ1) is 14.7. The Hall–Kier alpha value is -2.56. The predicted molar refractivity (Wildman–Crippen MR) is 120 cm³/mol. The van der Waals surface area contributed by atoms with Crippen LogP contribution >= 0.6 is 34.4 Å². The number of fused-ring (bicyclic) bond motifs is 1. The number of benzene rings is 1. The first kappa shape index (κ1) is 19.4. The number of tetrazole rings is 1. The van der Waals surface area contributed by atoms with E-state index in [1.165, 1.54) is 22.2 Å². The standard InChI is InChI=1S/C20H18N6OS3/c1-13-21-17(11-29-13)14-4-5-18-15(9-14)6-7-25(18)19(27)12-30-20-22-23-24-26(20)10-16-3-2-8-28-16/h2-5,8-9,11H,6-7,10,12H2,1H3. The maximum absolute atomic E-state index is 12.9. The first-order valence-corrected chi connectivity index (χ1v) is 12.2. The van der Waals surface area contributed by atoms with Gasteiger partial charge in [0.2, 0.25) is 11.1 Å². The Labute approximate surface area is 185 Å². The number of amides is 1. The zero-order chi connectivity index (χ0) is 20.5. The van der Waals surface area contributed by atoms with E-state index in [0.29, 0.717) is 24.0 Å². The lowest BCUT2D eigenvalue weighted by molar-refractivity contribution is -0.116. The Morgan fingerprint density at radius 1 is 1.27 bits per heavy atom. The minimum absolute atomic E-state index is 0.0710. The molecule has 7 nitrogen and oxygen atoms in total. The number of thiazole rings is 1. The molecule has 30 heavy (non-hydrogen) atoms. The van der Waals surface area contributed by atoms with Crippen LogP contribution in [0.3, 0.4) is 0 Å². The third kappa shape index (κ3) is 3.90. The molecule has 0 saturated heterocycles. The Kier molecular flexibility index (Phi) is 5.36. The smallest absolute Gasteiger partial charge is 0.237 e. The molecule has 4 heterocycles. The van der Waals surface area contributed by atoms with E-state index in [2.05, 4.69) is 32.0 Å². The molecule has 3 aromatic heterocycles. The molecule has 0 unspecified atom stereocenters. The van der Waals surface area contributed by atoms with Gasteiger partial charge in [-0.1, -0.05) is 23.9 Å². The van der Waals surface area contributed by atoms with Gasteiger partial charge in [-0.3, -0.25) is 4.79 Å². The van der Waals surface area contributed by atoms with E-state index >= 15 is 0 Å². The molecule has 1 aliphatic rings. The van der Waals surface area contributed by atoms with Crippen molar-refractivity contribution >= 4 is 46.0 Å². The lowest BCUT2D eigenvalue weighted by Gasteiger charge is -2.17. The van der Waals surface area contributed by atoms with E-state index in [1.54, 1.807) is 27.4 Å². The zero-order valence-corrected chi connectivity index (χ0v) is 18.6. The van der Waals surface area contributed by atoms with Gasteiger partial charge in [0.25, 0.3) is 0 Å². The number of aromatic nitrogens is 5. The normalized spacial score (nSPS) is 13.0. The molecule has 0 bridgehead atoms. The van der Waals surface area contributed by atoms with Gasteiger partial charge in [0.05, 0.1) is 23.0 Å². The van der Waals surface area contributed by atoms with Crippen molar-refractivity contribution in [1.29, 1.82) is 0 Å². The highest BCUT2D eigenvalue weighted by atomic mass is 32.2. The highest BCUT2D eigenvalue weighted by molar-refractivity contribution is 7.99. The lowest BCUT2D eigenvalue weighted by atomic mass is 10.1. The van der Waals surface area contributed by atoms with Gasteiger partial charge in [-0.25, -0.2) is 9.67 Å². The monoisotopic (exact) mass is 454 g/mol. The first-order valence-electron chi connectivity index (χ1n) is 9.44. The molecule has 0 atom stereocenters. The number of carbonyl (C=O) groups is 1. The molecule has 1 aliphatic heterocycles. The number of hydrogen-bond donors (Lipinski definition) is 0. The highest BCUT2D eigenvalue weighted by Gasteiger charge is 2.25. The van der Waals surface area contributed by atoms with Crippen molar-refractivity contribution in [2.75, 3.05) is 17.2 Å². The molecule has 0 spiro atoms. The average Bonchev–Trinajstić information content (AvgIpc) is 3.54. The SMILES string of the molecule is Cc1nc(-c2ccc3c(c2)CCN3C(=O)CSc2nnnn2Cc2cccs2)cs1. The number of aryl methyl sites for hydroxylation is 1. The summed E-state index contributed by atoms with van der Waals surface area (Å²) >= 11 is 4.69. The van der Waals surface area contributed by atoms with Crippen molar-refractivity contribution in [1.82, 2.24) is 25.2 Å². The Bertz CT molecular complexity index is 1180. The fourth-order valence-electron chi connectivity index (χ4n) is 3.47. The van der Waals surface area contributed by atoms with Crippen molar-refractivity contribution in [3.05, 3.63) is 56.5 Å². The van der Waals surface area contributed by atoms with Gasteiger partial charge in [0, 0.05) is 28.1 Å². The van der Waals surface area contributed by atoms with E-state index in [-0.39, 0.29) is 5.91 Å². The molecule has 1 aromatic carbocycles. The summed E-state index contributed by atoms with van der Waals surface area (Å²) < 4.78 is 1.74. The molecule has 5 rings (SSSR count). The van der Waals surface area contributed by atoms with Crippen LogP contribution in [-0.4, -0.2) is 43.4 Å². The van der Waals surface area contributed by atoms with Crippen LogP contribution in [0, 0.1) is 6.92 Å². The van der Waals surface area contributed by atoms with Crippen LogP contribution in [-0.2, 0) is 17.8 Å². The Morgan fingerprint density at radius 2 is 2.20 bits per heavy atom. The summed E-state index contributed by atoms with van der Waals surface area (Å²) in [6.07, 6.45) is 0.860. The molecule has 0 radical (unpaired) electrons. The third-order valence-electron chi connectivity index (χ3n) is 4.90. The third-order valence-corrected chi connectivity index (χ3v) is 7.48.